The van der Waals surface area contributed by atoms with Crippen LogP contribution in [-0.4, -0.2) is 42.8 Å². The maximum absolute atomic E-state index is 2.42. The lowest BCUT2D eigenvalue weighted by atomic mass is 10.2. The summed E-state index contributed by atoms with van der Waals surface area (Å²) in [6.45, 7) is 4.50. The van der Waals surface area contributed by atoms with Gasteiger partial charge in [-0.2, -0.15) is 0 Å². The van der Waals surface area contributed by atoms with Gasteiger partial charge < -0.3 is 9.91 Å². The van der Waals surface area contributed by atoms with Gasteiger partial charge in [-0.25, -0.2) is 0 Å². The monoisotopic (exact) mass is 215 g/mol. The van der Waals surface area contributed by atoms with E-state index < -0.39 is 0 Å². The number of para-hydroxylation sites is 1. The molecule has 3 nitrogen and oxygen atoms in total. The molecule has 0 bridgehead atoms. The SMILES string of the molecule is CN1CCN(n2ccc3ccccc32)CC1. The second-order valence-electron chi connectivity index (χ2n) is 4.48. The molecule has 1 aromatic carbocycles. The average molecular weight is 215 g/mol. The molecule has 0 unspecified atom stereocenters. The Labute approximate surface area is 95.8 Å². The Morgan fingerprint density at radius 2 is 1.69 bits per heavy atom. The van der Waals surface area contributed by atoms with Crippen molar-refractivity contribution in [2.45, 2.75) is 0 Å². The quantitative estimate of drug-likeness (QED) is 0.714. The van der Waals surface area contributed by atoms with E-state index in [1.54, 1.807) is 0 Å². The summed E-state index contributed by atoms with van der Waals surface area (Å²) in [5.74, 6) is 0. The zero-order valence-corrected chi connectivity index (χ0v) is 9.63. The standard InChI is InChI=1S/C13H17N3/c1-14-8-10-15(11-9-14)16-7-6-12-4-2-3-5-13(12)16/h2-7H,8-11H2,1H3. The largest absolute Gasteiger partial charge is 0.310 e. The summed E-state index contributed by atoms with van der Waals surface area (Å²) in [7, 11) is 2.19. The van der Waals surface area contributed by atoms with Crippen molar-refractivity contribution in [1.82, 2.24) is 9.58 Å². The highest BCUT2D eigenvalue weighted by Crippen LogP contribution is 2.16. The normalized spacial score (nSPS) is 18.2. The Morgan fingerprint density at radius 3 is 2.50 bits per heavy atom. The van der Waals surface area contributed by atoms with Gasteiger partial charge in [0, 0.05) is 37.8 Å². The number of hydrogen-bond donors (Lipinski definition) is 0. The highest BCUT2D eigenvalue weighted by molar-refractivity contribution is 5.80. The van der Waals surface area contributed by atoms with E-state index in [2.05, 4.69) is 58.2 Å². The summed E-state index contributed by atoms with van der Waals surface area (Å²) in [4.78, 5) is 2.38. The number of rotatable bonds is 1. The number of nitrogens with zero attached hydrogens (tertiary/aromatic N) is 3. The molecule has 1 aliphatic heterocycles. The van der Waals surface area contributed by atoms with Crippen LogP contribution >= 0.6 is 0 Å². The lowest BCUT2D eigenvalue weighted by molar-refractivity contribution is 0.289. The molecule has 0 spiro atoms. The summed E-state index contributed by atoms with van der Waals surface area (Å²) >= 11 is 0. The molecular weight excluding hydrogens is 198 g/mol. The molecule has 16 heavy (non-hydrogen) atoms. The van der Waals surface area contributed by atoms with Gasteiger partial charge >= 0.3 is 0 Å². The Bertz CT molecular complexity index is 481. The molecule has 2 heterocycles. The van der Waals surface area contributed by atoms with Crippen LogP contribution < -0.4 is 5.01 Å². The minimum absolute atomic E-state index is 1.11. The lowest BCUT2D eigenvalue weighted by Crippen LogP contribution is -2.49. The smallest absolute Gasteiger partial charge is 0.0694 e. The van der Waals surface area contributed by atoms with Crippen LogP contribution in [0.25, 0.3) is 10.9 Å². The second kappa shape index (κ2) is 3.83. The van der Waals surface area contributed by atoms with Crippen LogP contribution in [0.5, 0.6) is 0 Å². The van der Waals surface area contributed by atoms with Gasteiger partial charge in [-0.15, -0.1) is 0 Å². The lowest BCUT2D eigenvalue weighted by Gasteiger charge is -2.35. The van der Waals surface area contributed by atoms with E-state index in [0.717, 1.165) is 26.2 Å². The van der Waals surface area contributed by atoms with Crippen LogP contribution in [0, 0.1) is 0 Å². The minimum atomic E-state index is 1.11. The zero-order chi connectivity index (χ0) is 11.0. The predicted molar refractivity (Wildman–Crippen MR) is 67.4 cm³/mol. The highest BCUT2D eigenvalue weighted by atomic mass is 15.6. The molecule has 0 N–H and O–H groups in total. The number of piperazine rings is 1. The maximum Gasteiger partial charge on any atom is 0.0694 e. The third-order valence-electron chi connectivity index (χ3n) is 3.36. The second-order valence-corrected chi connectivity index (χ2v) is 4.48. The molecule has 3 heteroatoms. The summed E-state index contributed by atoms with van der Waals surface area (Å²) < 4.78 is 2.29. The van der Waals surface area contributed by atoms with Crippen LogP contribution in [-0.2, 0) is 0 Å². The predicted octanol–water partition coefficient (Wildman–Crippen LogP) is 1.52. The van der Waals surface area contributed by atoms with E-state index in [-0.39, 0.29) is 0 Å². The first-order chi connectivity index (χ1) is 7.84. The first-order valence-corrected chi connectivity index (χ1v) is 5.84. The number of hydrogen-bond acceptors (Lipinski definition) is 2. The van der Waals surface area contributed by atoms with E-state index in [9.17, 15) is 0 Å². The van der Waals surface area contributed by atoms with Gasteiger partial charge in [0.05, 0.1) is 5.52 Å². The summed E-state index contributed by atoms with van der Waals surface area (Å²) in [6, 6.07) is 10.7. The number of aromatic nitrogens is 1. The Hall–Kier alpha value is -1.48. The van der Waals surface area contributed by atoms with E-state index in [4.69, 9.17) is 0 Å². The van der Waals surface area contributed by atoms with Gasteiger partial charge in [0.25, 0.3) is 0 Å². The molecule has 1 fully saturated rings. The Kier molecular flexibility index (Phi) is 2.33. The fourth-order valence-electron chi connectivity index (χ4n) is 2.33. The van der Waals surface area contributed by atoms with Crippen molar-refractivity contribution in [1.29, 1.82) is 0 Å². The van der Waals surface area contributed by atoms with E-state index in [0.29, 0.717) is 0 Å². The van der Waals surface area contributed by atoms with Crippen LogP contribution in [0.15, 0.2) is 36.5 Å². The molecule has 0 atom stereocenters. The van der Waals surface area contributed by atoms with Gasteiger partial charge in [-0.3, -0.25) is 4.68 Å². The van der Waals surface area contributed by atoms with E-state index in [1.165, 1.54) is 10.9 Å². The molecule has 84 valence electrons. The number of likely N-dealkylation sites (N-methyl/N-ethyl adjacent to an activating group) is 1. The molecule has 1 aromatic heterocycles. The van der Waals surface area contributed by atoms with Crippen molar-refractivity contribution in [2.24, 2.45) is 0 Å². The zero-order valence-electron chi connectivity index (χ0n) is 9.63. The molecule has 0 saturated carbocycles. The molecule has 0 radical (unpaired) electrons. The molecular formula is C13H17N3. The van der Waals surface area contributed by atoms with Crippen LogP contribution in [0.2, 0.25) is 0 Å². The van der Waals surface area contributed by atoms with Crippen LogP contribution in [0.4, 0.5) is 0 Å². The number of fused-ring (bicyclic) bond motifs is 1. The van der Waals surface area contributed by atoms with Crippen molar-refractivity contribution >= 4 is 10.9 Å². The Morgan fingerprint density at radius 1 is 0.938 bits per heavy atom. The topological polar surface area (TPSA) is 11.4 Å². The molecule has 1 aliphatic rings. The maximum atomic E-state index is 2.42. The molecule has 2 aromatic rings. The highest BCUT2D eigenvalue weighted by Gasteiger charge is 2.14. The summed E-state index contributed by atoms with van der Waals surface area (Å²) in [5, 5.41) is 3.74. The first kappa shape index (κ1) is 9.73. The minimum Gasteiger partial charge on any atom is -0.310 e. The van der Waals surface area contributed by atoms with Gasteiger partial charge in [0.15, 0.2) is 0 Å². The van der Waals surface area contributed by atoms with E-state index in [1.807, 2.05) is 0 Å². The molecule has 1 saturated heterocycles. The van der Waals surface area contributed by atoms with Gasteiger partial charge in [-0.05, 0) is 19.2 Å². The average Bonchev–Trinajstić information content (AvgIpc) is 2.74. The number of benzene rings is 1. The van der Waals surface area contributed by atoms with Gasteiger partial charge in [0.1, 0.15) is 0 Å². The fourth-order valence-corrected chi connectivity index (χ4v) is 2.33. The van der Waals surface area contributed by atoms with Crippen molar-refractivity contribution in [3.63, 3.8) is 0 Å². The summed E-state index contributed by atoms with van der Waals surface area (Å²) in [5.41, 5.74) is 1.31. The third-order valence-corrected chi connectivity index (χ3v) is 3.36. The van der Waals surface area contributed by atoms with Crippen LogP contribution in [0.3, 0.4) is 0 Å². The van der Waals surface area contributed by atoms with Gasteiger partial charge in [0.2, 0.25) is 0 Å². The Balaban J connectivity index is 1.94. The van der Waals surface area contributed by atoms with Gasteiger partial charge in [-0.1, -0.05) is 18.2 Å². The van der Waals surface area contributed by atoms with E-state index >= 15 is 0 Å². The van der Waals surface area contributed by atoms with Crippen molar-refractivity contribution in [2.75, 3.05) is 38.2 Å². The van der Waals surface area contributed by atoms with Crippen molar-refractivity contribution < 1.29 is 0 Å². The molecule has 0 aliphatic carbocycles. The van der Waals surface area contributed by atoms with Crippen LogP contribution in [0.1, 0.15) is 0 Å². The fraction of sp³-hybridized carbons (Fsp3) is 0.385. The van der Waals surface area contributed by atoms with Crippen molar-refractivity contribution in [3.8, 4) is 0 Å². The molecule has 0 amide bonds. The molecule has 3 rings (SSSR count). The first-order valence-electron chi connectivity index (χ1n) is 5.84. The van der Waals surface area contributed by atoms with Crippen molar-refractivity contribution in [3.05, 3.63) is 36.5 Å². The summed E-state index contributed by atoms with van der Waals surface area (Å²) in [6.07, 6.45) is 2.18. The third kappa shape index (κ3) is 1.57.